The molecule has 0 unspecified atom stereocenters. The van der Waals surface area contributed by atoms with E-state index in [1.54, 1.807) is 13.2 Å². The average molecular weight is 319 g/mol. The molecular formula is C16H12Cl2N2O. The summed E-state index contributed by atoms with van der Waals surface area (Å²) in [5, 5.41) is 1.04. The van der Waals surface area contributed by atoms with E-state index in [4.69, 9.17) is 27.9 Å². The van der Waals surface area contributed by atoms with Crippen LogP contribution in [0, 0.1) is 0 Å². The van der Waals surface area contributed by atoms with Gasteiger partial charge in [0.05, 0.1) is 12.8 Å². The molecule has 3 rings (SSSR count). The second-order valence-electron chi connectivity index (χ2n) is 4.48. The van der Waals surface area contributed by atoms with Gasteiger partial charge in [-0.2, -0.15) is 0 Å². The Labute approximate surface area is 132 Å². The van der Waals surface area contributed by atoms with Gasteiger partial charge in [-0.25, -0.2) is 4.99 Å². The van der Waals surface area contributed by atoms with Crippen molar-refractivity contribution in [3.63, 3.8) is 0 Å². The quantitative estimate of drug-likeness (QED) is 0.879. The van der Waals surface area contributed by atoms with Gasteiger partial charge in [0.25, 0.3) is 0 Å². The Morgan fingerprint density at radius 3 is 2.33 bits per heavy atom. The third kappa shape index (κ3) is 2.89. The van der Waals surface area contributed by atoms with E-state index in [1.165, 1.54) is 0 Å². The Hall–Kier alpha value is -1.97. The summed E-state index contributed by atoms with van der Waals surface area (Å²) >= 11 is 11.9. The first-order valence-corrected chi connectivity index (χ1v) is 7.09. The van der Waals surface area contributed by atoms with E-state index < -0.39 is 0 Å². The SMILES string of the molecule is COc1ccc(/C(=C2\C=CC(Cl)=N2)c2ccc(Cl)[nH]2)cc1. The highest BCUT2D eigenvalue weighted by molar-refractivity contribution is 6.69. The molecule has 0 bridgehead atoms. The van der Waals surface area contributed by atoms with E-state index in [2.05, 4.69) is 9.98 Å². The zero-order valence-corrected chi connectivity index (χ0v) is 12.7. The Balaban J connectivity index is 2.15. The van der Waals surface area contributed by atoms with Crippen LogP contribution in [0.5, 0.6) is 5.75 Å². The number of aliphatic imine (C=N–C) groups is 1. The van der Waals surface area contributed by atoms with Crippen LogP contribution in [0.15, 0.2) is 59.2 Å². The van der Waals surface area contributed by atoms with Crippen molar-refractivity contribution in [3.05, 3.63) is 70.7 Å². The number of H-pyrrole nitrogens is 1. The summed E-state index contributed by atoms with van der Waals surface area (Å²) in [5.74, 6) is 0.802. The summed E-state index contributed by atoms with van der Waals surface area (Å²) in [6.07, 6.45) is 3.65. The van der Waals surface area contributed by atoms with Gasteiger partial charge < -0.3 is 9.72 Å². The van der Waals surface area contributed by atoms with E-state index in [1.807, 2.05) is 42.5 Å². The van der Waals surface area contributed by atoms with E-state index >= 15 is 0 Å². The topological polar surface area (TPSA) is 37.4 Å². The van der Waals surface area contributed by atoms with Gasteiger partial charge in [-0.1, -0.05) is 35.3 Å². The lowest BCUT2D eigenvalue weighted by molar-refractivity contribution is 0.415. The van der Waals surface area contributed by atoms with Gasteiger partial charge in [0, 0.05) is 11.3 Å². The number of hydrogen-bond acceptors (Lipinski definition) is 2. The van der Waals surface area contributed by atoms with Crippen LogP contribution in [0.2, 0.25) is 5.15 Å². The van der Waals surface area contributed by atoms with Gasteiger partial charge in [0.15, 0.2) is 0 Å². The van der Waals surface area contributed by atoms with Crippen LogP contribution in [-0.4, -0.2) is 17.3 Å². The maximum absolute atomic E-state index is 6.00. The van der Waals surface area contributed by atoms with Gasteiger partial charge in [-0.15, -0.1) is 0 Å². The molecule has 0 saturated heterocycles. The number of allylic oxidation sites excluding steroid dienone is 2. The minimum absolute atomic E-state index is 0.466. The number of halogens is 2. The van der Waals surface area contributed by atoms with Gasteiger partial charge in [-0.3, -0.25) is 0 Å². The standard InChI is InChI=1S/C16H12Cl2N2O/c1-21-11-4-2-10(3-5-11)16(12-6-8-14(17)19-12)13-7-9-15(18)20-13/h2-9,19H,1H3/b16-13-. The second-order valence-corrected chi connectivity index (χ2v) is 5.27. The second kappa shape index (κ2) is 5.80. The minimum Gasteiger partial charge on any atom is -0.497 e. The highest BCUT2D eigenvalue weighted by Gasteiger charge is 2.15. The summed E-state index contributed by atoms with van der Waals surface area (Å²) in [4.78, 5) is 7.47. The van der Waals surface area contributed by atoms with Crippen molar-refractivity contribution in [1.82, 2.24) is 4.98 Å². The Kier molecular flexibility index (Phi) is 3.86. The molecule has 1 aromatic carbocycles. The molecule has 0 saturated carbocycles. The summed E-state index contributed by atoms with van der Waals surface area (Å²) < 4.78 is 5.19. The number of aromatic nitrogens is 1. The van der Waals surface area contributed by atoms with Crippen molar-refractivity contribution in [2.24, 2.45) is 4.99 Å². The maximum atomic E-state index is 6.00. The maximum Gasteiger partial charge on any atom is 0.129 e. The highest BCUT2D eigenvalue weighted by atomic mass is 35.5. The van der Waals surface area contributed by atoms with E-state index in [0.717, 1.165) is 28.3 Å². The molecule has 2 aromatic rings. The molecule has 2 heterocycles. The smallest absolute Gasteiger partial charge is 0.129 e. The molecule has 1 aliphatic heterocycles. The molecule has 106 valence electrons. The van der Waals surface area contributed by atoms with Crippen molar-refractivity contribution in [3.8, 4) is 5.75 Å². The molecule has 1 N–H and O–H groups in total. The van der Waals surface area contributed by atoms with E-state index in [-0.39, 0.29) is 0 Å². The lowest BCUT2D eigenvalue weighted by atomic mass is 10.0. The number of rotatable bonds is 3. The Bertz CT molecular complexity index is 755. The molecule has 1 aromatic heterocycles. The van der Waals surface area contributed by atoms with Crippen molar-refractivity contribution in [1.29, 1.82) is 0 Å². The summed E-state index contributed by atoms with van der Waals surface area (Å²) in [6, 6.07) is 11.5. The first-order chi connectivity index (χ1) is 10.2. The lowest BCUT2D eigenvalue weighted by Crippen LogP contribution is -1.92. The number of nitrogens with one attached hydrogen (secondary N) is 1. The first-order valence-electron chi connectivity index (χ1n) is 6.33. The lowest BCUT2D eigenvalue weighted by Gasteiger charge is -2.09. The molecule has 0 amide bonds. The highest BCUT2D eigenvalue weighted by Crippen LogP contribution is 2.31. The Morgan fingerprint density at radius 1 is 1.05 bits per heavy atom. The molecular weight excluding hydrogens is 307 g/mol. The van der Waals surface area contributed by atoms with Crippen LogP contribution in [0.1, 0.15) is 11.3 Å². The van der Waals surface area contributed by atoms with Crippen LogP contribution < -0.4 is 4.74 Å². The van der Waals surface area contributed by atoms with Gasteiger partial charge in [0.2, 0.25) is 0 Å². The zero-order chi connectivity index (χ0) is 14.8. The Morgan fingerprint density at radius 2 is 1.81 bits per heavy atom. The molecule has 0 radical (unpaired) electrons. The molecule has 5 heteroatoms. The number of benzene rings is 1. The first kappa shape index (κ1) is 14.0. The molecule has 1 aliphatic rings. The summed E-state index contributed by atoms with van der Waals surface area (Å²) in [5.41, 5.74) is 3.63. The van der Waals surface area contributed by atoms with Crippen LogP contribution in [0.25, 0.3) is 5.57 Å². The van der Waals surface area contributed by atoms with Crippen molar-refractivity contribution in [2.45, 2.75) is 0 Å². The molecule has 0 spiro atoms. The van der Waals surface area contributed by atoms with Gasteiger partial charge >= 0.3 is 0 Å². The monoisotopic (exact) mass is 318 g/mol. The van der Waals surface area contributed by atoms with Crippen LogP contribution in [-0.2, 0) is 0 Å². The number of nitrogens with zero attached hydrogens (tertiary/aromatic N) is 1. The van der Waals surface area contributed by atoms with Crippen LogP contribution in [0.4, 0.5) is 0 Å². The molecule has 0 aliphatic carbocycles. The number of methoxy groups -OCH3 is 1. The predicted molar refractivity (Wildman–Crippen MR) is 87.2 cm³/mol. The largest absolute Gasteiger partial charge is 0.497 e. The fourth-order valence-corrected chi connectivity index (χ4v) is 2.51. The fourth-order valence-electron chi connectivity index (χ4n) is 2.19. The third-order valence-corrected chi connectivity index (χ3v) is 3.59. The van der Waals surface area contributed by atoms with Crippen LogP contribution >= 0.6 is 23.2 Å². The minimum atomic E-state index is 0.466. The summed E-state index contributed by atoms with van der Waals surface area (Å²) in [7, 11) is 1.64. The normalized spacial score (nSPS) is 16.0. The van der Waals surface area contributed by atoms with Gasteiger partial charge in [0.1, 0.15) is 16.1 Å². The average Bonchev–Trinajstić information content (AvgIpc) is 3.10. The summed E-state index contributed by atoms with van der Waals surface area (Å²) in [6.45, 7) is 0. The van der Waals surface area contributed by atoms with Gasteiger partial charge in [-0.05, 0) is 42.0 Å². The van der Waals surface area contributed by atoms with E-state index in [9.17, 15) is 0 Å². The molecule has 0 atom stereocenters. The number of hydrogen-bond donors (Lipinski definition) is 1. The van der Waals surface area contributed by atoms with Crippen molar-refractivity contribution < 1.29 is 4.74 Å². The zero-order valence-electron chi connectivity index (χ0n) is 11.2. The molecule has 0 fully saturated rings. The van der Waals surface area contributed by atoms with E-state index in [0.29, 0.717) is 10.3 Å². The number of ether oxygens (including phenoxy) is 1. The fraction of sp³-hybridized carbons (Fsp3) is 0.0625. The number of aromatic amines is 1. The molecule has 21 heavy (non-hydrogen) atoms. The van der Waals surface area contributed by atoms with Crippen molar-refractivity contribution in [2.75, 3.05) is 7.11 Å². The molecule has 3 nitrogen and oxygen atoms in total. The van der Waals surface area contributed by atoms with Crippen LogP contribution in [0.3, 0.4) is 0 Å². The van der Waals surface area contributed by atoms with Crippen molar-refractivity contribution >= 4 is 33.9 Å². The predicted octanol–water partition coefficient (Wildman–Crippen LogP) is 4.64. The third-order valence-electron chi connectivity index (χ3n) is 3.16.